The fraction of sp³-hybridized carbons (Fsp3) is 0.130. The summed E-state index contributed by atoms with van der Waals surface area (Å²) in [4.78, 5) is 24.1. The van der Waals surface area contributed by atoms with Gasteiger partial charge >= 0.3 is 6.03 Å². The SMILES string of the molecule is NC(=O)NC(CC(=O)Nc1ccccc1Cc1ccccc1)c1ccc(Cl)cc1. The Morgan fingerprint density at radius 3 is 2.24 bits per heavy atom. The van der Waals surface area contributed by atoms with Crippen molar-refractivity contribution in [2.24, 2.45) is 5.73 Å². The van der Waals surface area contributed by atoms with E-state index in [9.17, 15) is 9.59 Å². The van der Waals surface area contributed by atoms with Gasteiger partial charge < -0.3 is 16.4 Å². The van der Waals surface area contributed by atoms with Gasteiger partial charge in [0.2, 0.25) is 5.91 Å². The van der Waals surface area contributed by atoms with E-state index in [0.29, 0.717) is 11.4 Å². The Balaban J connectivity index is 1.73. The summed E-state index contributed by atoms with van der Waals surface area (Å²) < 4.78 is 0. The Bertz CT molecular complexity index is 975. The number of carbonyl (C=O) groups is 2. The normalized spacial score (nSPS) is 11.5. The average Bonchev–Trinajstić information content (AvgIpc) is 2.70. The zero-order chi connectivity index (χ0) is 20.6. The first kappa shape index (κ1) is 20.4. The molecule has 0 saturated heterocycles. The van der Waals surface area contributed by atoms with Crippen molar-refractivity contribution in [3.8, 4) is 0 Å². The molecule has 0 bridgehead atoms. The maximum atomic E-state index is 12.7. The van der Waals surface area contributed by atoms with Crippen molar-refractivity contribution < 1.29 is 9.59 Å². The third kappa shape index (κ3) is 6.09. The first-order valence-electron chi connectivity index (χ1n) is 9.24. The van der Waals surface area contributed by atoms with Gasteiger partial charge in [-0.05, 0) is 41.3 Å². The van der Waals surface area contributed by atoms with Gasteiger partial charge in [0.25, 0.3) is 0 Å². The fourth-order valence-corrected chi connectivity index (χ4v) is 3.24. The zero-order valence-corrected chi connectivity index (χ0v) is 16.5. The van der Waals surface area contributed by atoms with Crippen molar-refractivity contribution in [1.29, 1.82) is 0 Å². The van der Waals surface area contributed by atoms with Crippen LogP contribution < -0.4 is 16.4 Å². The second kappa shape index (κ2) is 9.75. The van der Waals surface area contributed by atoms with Crippen LogP contribution in [-0.2, 0) is 11.2 Å². The van der Waals surface area contributed by atoms with Crippen LogP contribution in [0.2, 0.25) is 5.02 Å². The molecule has 0 saturated carbocycles. The van der Waals surface area contributed by atoms with E-state index in [2.05, 4.69) is 10.6 Å². The quantitative estimate of drug-likeness (QED) is 0.531. The Kier molecular flexibility index (Phi) is 6.87. The second-order valence-corrected chi connectivity index (χ2v) is 7.12. The zero-order valence-electron chi connectivity index (χ0n) is 15.8. The second-order valence-electron chi connectivity index (χ2n) is 6.68. The van der Waals surface area contributed by atoms with Gasteiger partial charge in [0.15, 0.2) is 0 Å². The van der Waals surface area contributed by atoms with Gasteiger partial charge in [-0.2, -0.15) is 0 Å². The molecule has 3 aromatic carbocycles. The van der Waals surface area contributed by atoms with E-state index in [1.54, 1.807) is 24.3 Å². The molecular formula is C23H22ClN3O2. The van der Waals surface area contributed by atoms with E-state index in [-0.39, 0.29) is 12.3 Å². The van der Waals surface area contributed by atoms with Crippen LogP contribution in [0.4, 0.5) is 10.5 Å². The van der Waals surface area contributed by atoms with Gasteiger partial charge in [0.05, 0.1) is 12.5 Å². The van der Waals surface area contributed by atoms with Crippen molar-refractivity contribution in [3.63, 3.8) is 0 Å². The summed E-state index contributed by atoms with van der Waals surface area (Å²) in [5.41, 5.74) is 8.96. The van der Waals surface area contributed by atoms with Crippen molar-refractivity contribution in [3.05, 3.63) is 101 Å². The predicted molar refractivity (Wildman–Crippen MR) is 116 cm³/mol. The smallest absolute Gasteiger partial charge is 0.312 e. The van der Waals surface area contributed by atoms with Crippen LogP contribution in [0.1, 0.15) is 29.2 Å². The summed E-state index contributed by atoms with van der Waals surface area (Å²) >= 11 is 5.93. The Morgan fingerprint density at radius 2 is 1.55 bits per heavy atom. The summed E-state index contributed by atoms with van der Waals surface area (Å²) in [5.74, 6) is -0.223. The molecule has 4 N–H and O–H groups in total. The summed E-state index contributed by atoms with van der Waals surface area (Å²) in [5, 5.41) is 6.16. The maximum Gasteiger partial charge on any atom is 0.312 e. The van der Waals surface area contributed by atoms with E-state index in [0.717, 1.165) is 22.4 Å². The average molecular weight is 408 g/mol. The van der Waals surface area contributed by atoms with Crippen molar-refractivity contribution in [1.82, 2.24) is 5.32 Å². The molecule has 1 atom stereocenters. The van der Waals surface area contributed by atoms with E-state index >= 15 is 0 Å². The molecule has 0 aliphatic heterocycles. The van der Waals surface area contributed by atoms with Gasteiger partial charge in [-0.3, -0.25) is 4.79 Å². The summed E-state index contributed by atoms with van der Waals surface area (Å²) in [6, 6.07) is 23.4. The minimum Gasteiger partial charge on any atom is -0.352 e. The van der Waals surface area contributed by atoms with Crippen molar-refractivity contribution in [2.45, 2.75) is 18.9 Å². The van der Waals surface area contributed by atoms with Gasteiger partial charge in [0, 0.05) is 10.7 Å². The Morgan fingerprint density at radius 1 is 0.897 bits per heavy atom. The molecule has 0 fully saturated rings. The largest absolute Gasteiger partial charge is 0.352 e. The number of primary amides is 1. The number of nitrogens with one attached hydrogen (secondary N) is 2. The van der Waals surface area contributed by atoms with E-state index in [1.165, 1.54) is 0 Å². The molecule has 3 amide bonds. The lowest BCUT2D eigenvalue weighted by molar-refractivity contribution is -0.116. The topological polar surface area (TPSA) is 84.2 Å². The van der Waals surface area contributed by atoms with Gasteiger partial charge in [-0.15, -0.1) is 0 Å². The number of anilines is 1. The summed E-state index contributed by atoms with van der Waals surface area (Å²) in [6.07, 6.45) is 0.752. The molecule has 3 rings (SSSR count). The number of nitrogens with two attached hydrogens (primary N) is 1. The molecule has 1 unspecified atom stereocenters. The number of hydrogen-bond acceptors (Lipinski definition) is 2. The number of urea groups is 1. The minimum atomic E-state index is -0.692. The monoisotopic (exact) mass is 407 g/mol. The Hall–Kier alpha value is -3.31. The van der Waals surface area contributed by atoms with Crippen LogP contribution in [0.15, 0.2) is 78.9 Å². The van der Waals surface area contributed by atoms with Crippen LogP contribution in [0.25, 0.3) is 0 Å². The number of para-hydroxylation sites is 1. The lowest BCUT2D eigenvalue weighted by Gasteiger charge is -2.18. The first-order chi connectivity index (χ1) is 14.0. The van der Waals surface area contributed by atoms with Crippen molar-refractivity contribution >= 4 is 29.2 Å². The molecular weight excluding hydrogens is 386 g/mol. The van der Waals surface area contributed by atoms with Gasteiger partial charge in [0.1, 0.15) is 0 Å². The molecule has 3 aromatic rings. The number of benzene rings is 3. The molecule has 0 aliphatic rings. The van der Waals surface area contributed by atoms with Gasteiger partial charge in [-0.25, -0.2) is 4.79 Å². The highest BCUT2D eigenvalue weighted by Gasteiger charge is 2.18. The molecule has 0 aliphatic carbocycles. The molecule has 0 aromatic heterocycles. The lowest BCUT2D eigenvalue weighted by Crippen LogP contribution is -2.35. The molecule has 5 nitrogen and oxygen atoms in total. The number of carbonyl (C=O) groups excluding carboxylic acids is 2. The number of halogens is 1. The summed E-state index contributed by atoms with van der Waals surface area (Å²) in [7, 11) is 0. The van der Waals surface area contributed by atoms with Crippen molar-refractivity contribution in [2.75, 3.05) is 5.32 Å². The van der Waals surface area contributed by atoms with Crippen LogP contribution in [0.5, 0.6) is 0 Å². The molecule has 0 heterocycles. The van der Waals surface area contributed by atoms with Crippen LogP contribution in [0, 0.1) is 0 Å². The minimum absolute atomic E-state index is 0.0459. The van der Waals surface area contributed by atoms with Crippen LogP contribution in [0.3, 0.4) is 0 Å². The number of rotatable bonds is 7. The predicted octanol–water partition coefficient (Wildman–Crippen LogP) is 4.67. The lowest BCUT2D eigenvalue weighted by atomic mass is 10.0. The third-order valence-corrected chi connectivity index (χ3v) is 4.76. The highest BCUT2D eigenvalue weighted by Crippen LogP contribution is 2.23. The van der Waals surface area contributed by atoms with Crippen LogP contribution in [-0.4, -0.2) is 11.9 Å². The molecule has 0 radical (unpaired) electrons. The highest BCUT2D eigenvalue weighted by molar-refractivity contribution is 6.30. The number of hydrogen-bond donors (Lipinski definition) is 3. The van der Waals surface area contributed by atoms with E-state index < -0.39 is 12.1 Å². The first-order valence-corrected chi connectivity index (χ1v) is 9.62. The highest BCUT2D eigenvalue weighted by atomic mass is 35.5. The molecule has 0 spiro atoms. The molecule has 29 heavy (non-hydrogen) atoms. The molecule has 6 heteroatoms. The summed E-state index contributed by atoms with van der Waals surface area (Å²) in [6.45, 7) is 0. The standard InChI is InChI=1S/C23H22ClN3O2/c24-19-12-10-17(11-13-19)21(27-23(25)29)15-22(28)26-20-9-5-4-8-18(20)14-16-6-2-1-3-7-16/h1-13,21H,14-15H2,(H,26,28)(H3,25,27,29). The number of amides is 3. The Labute approximate surface area is 174 Å². The van der Waals surface area contributed by atoms with Crippen LogP contribution >= 0.6 is 11.6 Å². The molecule has 148 valence electrons. The maximum absolute atomic E-state index is 12.7. The van der Waals surface area contributed by atoms with E-state index in [4.69, 9.17) is 17.3 Å². The fourth-order valence-electron chi connectivity index (χ4n) is 3.12. The van der Waals surface area contributed by atoms with Gasteiger partial charge in [-0.1, -0.05) is 72.3 Å². The van der Waals surface area contributed by atoms with E-state index in [1.807, 2.05) is 54.6 Å². The third-order valence-electron chi connectivity index (χ3n) is 4.51.